The van der Waals surface area contributed by atoms with Crippen molar-refractivity contribution >= 4 is 23.3 Å². The molecule has 0 radical (unpaired) electrons. The number of aliphatic hydroxyl groups excluding tert-OH is 1. The summed E-state index contributed by atoms with van der Waals surface area (Å²) < 4.78 is 56.8. The molecule has 0 fully saturated rings. The maximum absolute atomic E-state index is 13.9. The Bertz CT molecular complexity index is 868. The van der Waals surface area contributed by atoms with Crippen molar-refractivity contribution in [1.29, 1.82) is 0 Å². The number of halogens is 4. The van der Waals surface area contributed by atoms with Crippen molar-refractivity contribution in [3.8, 4) is 0 Å². The molecule has 0 bridgehead atoms. The van der Waals surface area contributed by atoms with Crippen LogP contribution in [0.4, 0.5) is 28.9 Å². The number of aliphatic hydroxyl groups is 1. The third-order valence-electron chi connectivity index (χ3n) is 3.80. The number of β-amino-alcohol motifs (C(OH)–C–C–N with tert-alkyl or cyclic N) is 1. The lowest BCUT2D eigenvalue weighted by atomic mass is 10.1. The molecule has 0 aliphatic carbocycles. The van der Waals surface area contributed by atoms with Gasteiger partial charge in [0.1, 0.15) is 17.2 Å². The van der Waals surface area contributed by atoms with Gasteiger partial charge in [0.2, 0.25) is 0 Å². The minimum absolute atomic E-state index is 0.0129. The molecule has 0 atom stereocenters. The number of esters is 1. The van der Waals surface area contributed by atoms with Gasteiger partial charge in [-0.25, -0.2) is 9.18 Å². The Labute approximate surface area is 154 Å². The van der Waals surface area contributed by atoms with Gasteiger partial charge in [0.05, 0.1) is 36.3 Å². The van der Waals surface area contributed by atoms with E-state index < -0.39 is 58.0 Å². The average Bonchev–Trinajstić information content (AvgIpc) is 2.89. The number of methoxy groups -OCH3 is 1. The standard InChI is InChI=1S/C15H13F4N3O6/c1-28-14(25)7-6-21(2-3-23)13(24)12(7)20-10-5-9(16)8(15(17,18)19)4-11(10)22(26)27/h4-5,20,23H,2-3,6H2,1H3. The highest BCUT2D eigenvalue weighted by Gasteiger charge is 2.39. The van der Waals surface area contributed by atoms with E-state index >= 15 is 0 Å². The van der Waals surface area contributed by atoms with Crippen molar-refractivity contribution in [2.75, 3.05) is 32.1 Å². The normalized spacial score (nSPS) is 14.5. The first kappa shape index (κ1) is 21.1. The van der Waals surface area contributed by atoms with Gasteiger partial charge in [-0.1, -0.05) is 0 Å². The molecule has 152 valence electrons. The van der Waals surface area contributed by atoms with Crippen LogP contribution >= 0.6 is 0 Å². The number of anilines is 1. The number of amides is 1. The first-order chi connectivity index (χ1) is 13.0. The Morgan fingerprint density at radius 1 is 1.43 bits per heavy atom. The lowest BCUT2D eigenvalue weighted by Gasteiger charge is -2.15. The number of carbonyl (C=O) groups is 2. The smallest absolute Gasteiger partial charge is 0.419 e. The predicted octanol–water partition coefficient (Wildman–Crippen LogP) is 1.43. The highest BCUT2D eigenvalue weighted by molar-refractivity contribution is 6.08. The zero-order chi connectivity index (χ0) is 21.2. The zero-order valence-electron chi connectivity index (χ0n) is 14.2. The van der Waals surface area contributed by atoms with E-state index in [0.717, 1.165) is 12.0 Å². The molecule has 13 heteroatoms. The number of benzene rings is 1. The molecule has 0 saturated carbocycles. The minimum atomic E-state index is -5.18. The van der Waals surface area contributed by atoms with Crippen LogP contribution in [0.1, 0.15) is 5.56 Å². The molecule has 2 rings (SSSR count). The number of nitro groups is 1. The second-order valence-corrected chi connectivity index (χ2v) is 5.52. The van der Waals surface area contributed by atoms with E-state index in [1.54, 1.807) is 0 Å². The van der Waals surface area contributed by atoms with E-state index in [9.17, 15) is 37.3 Å². The van der Waals surface area contributed by atoms with E-state index in [2.05, 4.69) is 10.1 Å². The lowest BCUT2D eigenvalue weighted by Crippen LogP contribution is -2.31. The third-order valence-corrected chi connectivity index (χ3v) is 3.80. The van der Waals surface area contributed by atoms with Crippen molar-refractivity contribution in [3.63, 3.8) is 0 Å². The zero-order valence-corrected chi connectivity index (χ0v) is 14.2. The van der Waals surface area contributed by atoms with Crippen LogP contribution in [-0.2, 0) is 20.5 Å². The van der Waals surface area contributed by atoms with Crippen molar-refractivity contribution < 1.29 is 41.9 Å². The molecule has 0 spiro atoms. The molecular formula is C15H13F4N3O6. The van der Waals surface area contributed by atoms with Crippen LogP contribution in [0.3, 0.4) is 0 Å². The molecule has 0 saturated heterocycles. The molecule has 2 N–H and O–H groups in total. The Balaban J connectivity index is 2.55. The first-order valence-electron chi connectivity index (χ1n) is 7.55. The fraction of sp³-hybridized carbons (Fsp3) is 0.333. The van der Waals surface area contributed by atoms with Gasteiger partial charge < -0.3 is 20.1 Å². The molecule has 28 heavy (non-hydrogen) atoms. The summed E-state index contributed by atoms with van der Waals surface area (Å²) in [5.41, 5.74) is -4.57. The van der Waals surface area contributed by atoms with Crippen LogP contribution in [0.2, 0.25) is 0 Å². The van der Waals surface area contributed by atoms with Crippen LogP contribution in [0, 0.1) is 15.9 Å². The Morgan fingerprint density at radius 2 is 2.07 bits per heavy atom. The molecule has 1 aromatic carbocycles. The van der Waals surface area contributed by atoms with Crippen molar-refractivity contribution in [3.05, 3.63) is 44.9 Å². The third kappa shape index (κ3) is 4.03. The largest absolute Gasteiger partial charge is 0.466 e. The highest BCUT2D eigenvalue weighted by atomic mass is 19.4. The fourth-order valence-electron chi connectivity index (χ4n) is 2.51. The number of nitrogens with one attached hydrogen (secondary N) is 1. The highest BCUT2D eigenvalue weighted by Crippen LogP contribution is 2.38. The van der Waals surface area contributed by atoms with Gasteiger partial charge in [-0.2, -0.15) is 13.2 Å². The summed E-state index contributed by atoms with van der Waals surface area (Å²) in [6.07, 6.45) is -5.18. The number of hydrogen-bond acceptors (Lipinski definition) is 7. The SMILES string of the molecule is COC(=O)C1=C(Nc2cc(F)c(C(F)(F)F)cc2[N+](=O)[O-])C(=O)N(CCO)C1. The van der Waals surface area contributed by atoms with E-state index in [1.807, 2.05) is 0 Å². The van der Waals surface area contributed by atoms with Gasteiger partial charge in [0.25, 0.3) is 11.6 Å². The van der Waals surface area contributed by atoms with Crippen LogP contribution in [0.5, 0.6) is 0 Å². The molecule has 0 unspecified atom stereocenters. The topological polar surface area (TPSA) is 122 Å². The van der Waals surface area contributed by atoms with E-state index in [1.165, 1.54) is 0 Å². The van der Waals surface area contributed by atoms with Gasteiger partial charge in [0.15, 0.2) is 0 Å². The van der Waals surface area contributed by atoms with Crippen LogP contribution in [-0.4, -0.2) is 53.6 Å². The molecular weight excluding hydrogens is 394 g/mol. The van der Waals surface area contributed by atoms with Crippen LogP contribution in [0.15, 0.2) is 23.4 Å². The molecule has 0 aromatic heterocycles. The first-order valence-corrected chi connectivity index (χ1v) is 7.55. The minimum Gasteiger partial charge on any atom is -0.466 e. The summed E-state index contributed by atoms with van der Waals surface area (Å²) in [5.74, 6) is -3.66. The predicted molar refractivity (Wildman–Crippen MR) is 84.4 cm³/mol. The van der Waals surface area contributed by atoms with E-state index in [4.69, 9.17) is 5.11 Å². The summed E-state index contributed by atoms with van der Waals surface area (Å²) in [6.45, 7) is -0.957. The number of rotatable bonds is 6. The summed E-state index contributed by atoms with van der Waals surface area (Å²) in [5, 5.41) is 22.3. The van der Waals surface area contributed by atoms with Gasteiger partial charge in [0, 0.05) is 18.7 Å². The van der Waals surface area contributed by atoms with Crippen LogP contribution in [0.25, 0.3) is 0 Å². The summed E-state index contributed by atoms with van der Waals surface area (Å²) >= 11 is 0. The maximum Gasteiger partial charge on any atom is 0.419 e. The van der Waals surface area contributed by atoms with Gasteiger partial charge in [-0.3, -0.25) is 14.9 Å². The Hall–Kier alpha value is -3.22. The molecule has 1 aromatic rings. The second-order valence-electron chi connectivity index (χ2n) is 5.52. The lowest BCUT2D eigenvalue weighted by molar-refractivity contribution is -0.384. The van der Waals surface area contributed by atoms with Crippen molar-refractivity contribution in [2.24, 2.45) is 0 Å². The van der Waals surface area contributed by atoms with E-state index in [0.29, 0.717) is 0 Å². The van der Waals surface area contributed by atoms with Crippen molar-refractivity contribution in [1.82, 2.24) is 4.90 Å². The summed E-state index contributed by atoms with van der Waals surface area (Å²) in [6, 6.07) is 0.200. The number of nitrogens with zero attached hydrogens (tertiary/aromatic N) is 2. The van der Waals surface area contributed by atoms with Gasteiger partial charge >= 0.3 is 12.1 Å². The van der Waals surface area contributed by atoms with Crippen molar-refractivity contribution in [2.45, 2.75) is 6.18 Å². The molecule has 1 heterocycles. The number of nitro benzene ring substituents is 1. The van der Waals surface area contributed by atoms with E-state index in [-0.39, 0.29) is 30.8 Å². The fourth-order valence-corrected chi connectivity index (χ4v) is 2.51. The van der Waals surface area contributed by atoms with Crippen LogP contribution < -0.4 is 5.32 Å². The maximum atomic E-state index is 13.9. The Morgan fingerprint density at radius 3 is 2.57 bits per heavy atom. The molecule has 1 amide bonds. The number of alkyl halides is 3. The monoisotopic (exact) mass is 407 g/mol. The average molecular weight is 407 g/mol. The summed E-state index contributed by atoms with van der Waals surface area (Å²) in [4.78, 5) is 35.2. The Kier molecular flexibility index (Phi) is 5.87. The quantitative estimate of drug-likeness (QED) is 0.317. The van der Waals surface area contributed by atoms with Gasteiger partial charge in [-0.15, -0.1) is 0 Å². The number of hydrogen-bond donors (Lipinski definition) is 2. The number of ether oxygens (including phenoxy) is 1. The second kappa shape index (κ2) is 7.80. The molecule has 1 aliphatic heterocycles. The molecule has 1 aliphatic rings. The number of carbonyl (C=O) groups excluding carboxylic acids is 2. The summed E-state index contributed by atoms with van der Waals surface area (Å²) in [7, 11) is 1.01. The molecule has 9 nitrogen and oxygen atoms in total. The van der Waals surface area contributed by atoms with Gasteiger partial charge in [-0.05, 0) is 0 Å².